The Morgan fingerprint density at radius 3 is 2.85 bits per heavy atom. The predicted molar refractivity (Wildman–Crippen MR) is 60.3 cm³/mol. The second-order valence-electron chi connectivity index (χ2n) is 2.64. The Labute approximate surface area is 91.4 Å². The van der Waals surface area contributed by atoms with E-state index in [4.69, 9.17) is 4.74 Å². The molecule has 2 nitrogen and oxygen atoms in total. The van der Waals surface area contributed by atoms with Crippen molar-refractivity contribution in [1.29, 1.82) is 0 Å². The van der Waals surface area contributed by atoms with E-state index >= 15 is 0 Å². The highest BCUT2D eigenvalue weighted by atomic mass is 79.9. The molecule has 74 valence electrons. The minimum Gasteiger partial charge on any atom is -0.380 e. The van der Waals surface area contributed by atoms with Gasteiger partial charge in [0.2, 0.25) is 0 Å². The molecule has 1 N–H and O–H groups in total. The van der Waals surface area contributed by atoms with E-state index in [9.17, 15) is 0 Å². The van der Waals surface area contributed by atoms with E-state index < -0.39 is 0 Å². The lowest BCUT2D eigenvalue weighted by atomic mass is 10.2. The van der Waals surface area contributed by atoms with Crippen molar-refractivity contribution in [2.24, 2.45) is 0 Å². The summed E-state index contributed by atoms with van der Waals surface area (Å²) in [6.45, 7) is 3.52. The number of nitrogens with one attached hydrogen (secondary N) is 1. The number of ether oxygens (including phenoxy) is 1. The van der Waals surface area contributed by atoms with Crippen LogP contribution < -0.4 is 5.32 Å². The normalized spacial score (nSPS) is 13.2. The van der Waals surface area contributed by atoms with Crippen molar-refractivity contribution in [2.45, 2.75) is 13.0 Å². The van der Waals surface area contributed by atoms with E-state index in [0.717, 1.165) is 13.2 Å². The number of halogens is 1. The molecule has 0 saturated carbocycles. The standard InChI is InChI=1S/C9H14BrNOS/c1-3-12-6-7(11-2)8-4-5-9(10)13-8/h4-5,7,11H,3,6H2,1-2H3. The van der Waals surface area contributed by atoms with E-state index in [1.54, 1.807) is 11.3 Å². The fourth-order valence-corrected chi connectivity index (χ4v) is 2.58. The van der Waals surface area contributed by atoms with Gasteiger partial charge in [-0.05, 0) is 42.0 Å². The highest BCUT2D eigenvalue weighted by Gasteiger charge is 2.10. The average molecular weight is 264 g/mol. The fourth-order valence-electron chi connectivity index (χ4n) is 1.06. The van der Waals surface area contributed by atoms with Gasteiger partial charge in [-0.1, -0.05) is 0 Å². The Hall–Kier alpha value is 0.1000. The SMILES string of the molecule is CCOCC(NC)c1ccc(Br)s1. The Bertz CT molecular complexity index is 252. The minimum atomic E-state index is 0.316. The number of hydrogen-bond donors (Lipinski definition) is 1. The molecule has 1 atom stereocenters. The zero-order chi connectivity index (χ0) is 9.68. The predicted octanol–water partition coefficient (Wildman–Crippen LogP) is 2.81. The quantitative estimate of drug-likeness (QED) is 0.883. The van der Waals surface area contributed by atoms with Gasteiger partial charge in [-0.25, -0.2) is 0 Å². The van der Waals surface area contributed by atoms with Crippen LogP contribution in [-0.2, 0) is 4.74 Å². The Morgan fingerprint density at radius 2 is 2.38 bits per heavy atom. The molecule has 13 heavy (non-hydrogen) atoms. The van der Waals surface area contributed by atoms with Crippen molar-refractivity contribution < 1.29 is 4.74 Å². The largest absolute Gasteiger partial charge is 0.380 e. The summed E-state index contributed by atoms with van der Waals surface area (Å²) in [4.78, 5) is 1.31. The number of hydrogen-bond acceptors (Lipinski definition) is 3. The molecule has 1 aromatic rings. The first-order valence-corrected chi connectivity index (χ1v) is 5.89. The summed E-state index contributed by atoms with van der Waals surface area (Å²) in [6, 6.07) is 4.50. The fraction of sp³-hybridized carbons (Fsp3) is 0.556. The minimum absolute atomic E-state index is 0.316. The highest BCUT2D eigenvalue weighted by Crippen LogP contribution is 2.27. The first-order valence-electron chi connectivity index (χ1n) is 4.28. The van der Waals surface area contributed by atoms with Crippen LogP contribution in [0.2, 0.25) is 0 Å². The van der Waals surface area contributed by atoms with Crippen LogP contribution in [0.5, 0.6) is 0 Å². The maximum absolute atomic E-state index is 5.38. The van der Waals surface area contributed by atoms with Crippen LogP contribution in [0.3, 0.4) is 0 Å². The summed E-state index contributed by atoms with van der Waals surface area (Å²) in [5, 5.41) is 3.23. The molecule has 0 saturated heterocycles. The number of thiophene rings is 1. The van der Waals surface area contributed by atoms with Gasteiger partial charge in [0.1, 0.15) is 0 Å². The van der Waals surface area contributed by atoms with Gasteiger partial charge < -0.3 is 10.1 Å². The summed E-state index contributed by atoms with van der Waals surface area (Å²) in [7, 11) is 1.96. The average Bonchev–Trinajstić information content (AvgIpc) is 2.54. The summed E-state index contributed by atoms with van der Waals surface area (Å²) in [5.74, 6) is 0. The molecular formula is C9H14BrNOS. The topological polar surface area (TPSA) is 21.3 Å². The van der Waals surface area contributed by atoms with Crippen LogP contribution in [0.4, 0.5) is 0 Å². The molecule has 0 spiro atoms. The zero-order valence-corrected chi connectivity index (χ0v) is 10.2. The van der Waals surface area contributed by atoms with Gasteiger partial charge >= 0.3 is 0 Å². The maximum Gasteiger partial charge on any atom is 0.0702 e. The number of rotatable bonds is 5. The molecule has 1 unspecified atom stereocenters. The van der Waals surface area contributed by atoms with E-state index in [-0.39, 0.29) is 0 Å². The molecule has 0 radical (unpaired) electrons. The van der Waals surface area contributed by atoms with E-state index in [1.165, 1.54) is 8.66 Å². The summed E-state index contributed by atoms with van der Waals surface area (Å²) >= 11 is 5.19. The first-order chi connectivity index (χ1) is 6.27. The summed E-state index contributed by atoms with van der Waals surface area (Å²) < 4.78 is 6.55. The van der Waals surface area contributed by atoms with Gasteiger partial charge in [0.25, 0.3) is 0 Å². The molecule has 0 aromatic carbocycles. The van der Waals surface area contributed by atoms with Gasteiger partial charge in [-0.15, -0.1) is 11.3 Å². The number of likely N-dealkylation sites (N-methyl/N-ethyl adjacent to an activating group) is 1. The molecule has 4 heteroatoms. The Morgan fingerprint density at radius 1 is 1.62 bits per heavy atom. The Kier molecular flexibility index (Phi) is 4.94. The monoisotopic (exact) mass is 263 g/mol. The lowest BCUT2D eigenvalue weighted by Crippen LogP contribution is -2.20. The Balaban J connectivity index is 2.56. The summed E-state index contributed by atoms with van der Waals surface area (Å²) in [5.41, 5.74) is 0. The third-order valence-corrected chi connectivity index (χ3v) is 3.51. The zero-order valence-electron chi connectivity index (χ0n) is 7.84. The van der Waals surface area contributed by atoms with Gasteiger partial charge in [-0.3, -0.25) is 0 Å². The van der Waals surface area contributed by atoms with E-state index in [0.29, 0.717) is 6.04 Å². The van der Waals surface area contributed by atoms with Gasteiger partial charge in [-0.2, -0.15) is 0 Å². The molecule has 0 amide bonds. The van der Waals surface area contributed by atoms with Gasteiger partial charge in [0, 0.05) is 11.5 Å². The van der Waals surface area contributed by atoms with Gasteiger partial charge in [0.15, 0.2) is 0 Å². The van der Waals surface area contributed by atoms with Crippen molar-refractivity contribution >= 4 is 27.3 Å². The van der Waals surface area contributed by atoms with Crippen LogP contribution in [0.1, 0.15) is 17.8 Å². The molecule has 0 aliphatic heterocycles. The van der Waals surface area contributed by atoms with Crippen molar-refractivity contribution in [2.75, 3.05) is 20.3 Å². The van der Waals surface area contributed by atoms with E-state index in [2.05, 4.69) is 33.4 Å². The molecule has 0 aliphatic rings. The molecule has 1 aromatic heterocycles. The molecule has 0 aliphatic carbocycles. The van der Waals surface area contributed by atoms with Crippen LogP contribution >= 0.6 is 27.3 Å². The van der Waals surface area contributed by atoms with Gasteiger partial charge in [0.05, 0.1) is 16.4 Å². The van der Waals surface area contributed by atoms with Crippen molar-refractivity contribution in [3.63, 3.8) is 0 Å². The van der Waals surface area contributed by atoms with Crippen LogP contribution in [0.15, 0.2) is 15.9 Å². The van der Waals surface area contributed by atoms with Crippen LogP contribution in [-0.4, -0.2) is 20.3 Å². The second kappa shape index (κ2) is 5.75. The summed E-state index contributed by atoms with van der Waals surface area (Å²) in [6.07, 6.45) is 0. The molecular weight excluding hydrogens is 250 g/mol. The third kappa shape index (κ3) is 3.38. The molecule has 0 fully saturated rings. The molecule has 0 bridgehead atoms. The van der Waals surface area contributed by atoms with Crippen LogP contribution in [0, 0.1) is 0 Å². The maximum atomic E-state index is 5.38. The smallest absolute Gasteiger partial charge is 0.0702 e. The third-order valence-electron chi connectivity index (χ3n) is 1.77. The lowest BCUT2D eigenvalue weighted by Gasteiger charge is -2.13. The van der Waals surface area contributed by atoms with Crippen molar-refractivity contribution in [1.82, 2.24) is 5.32 Å². The second-order valence-corrected chi connectivity index (χ2v) is 5.14. The van der Waals surface area contributed by atoms with E-state index in [1.807, 2.05) is 14.0 Å². The highest BCUT2D eigenvalue weighted by molar-refractivity contribution is 9.11. The van der Waals surface area contributed by atoms with Crippen LogP contribution in [0.25, 0.3) is 0 Å². The lowest BCUT2D eigenvalue weighted by molar-refractivity contribution is 0.126. The molecule has 1 heterocycles. The molecule has 1 rings (SSSR count). The first kappa shape index (κ1) is 11.2. The van der Waals surface area contributed by atoms with Crippen molar-refractivity contribution in [3.05, 3.63) is 20.8 Å². The van der Waals surface area contributed by atoms with Crippen molar-refractivity contribution in [3.8, 4) is 0 Å².